The number of rotatable bonds is 6. The van der Waals surface area contributed by atoms with Crippen LogP contribution in [0.4, 0.5) is 0 Å². The summed E-state index contributed by atoms with van der Waals surface area (Å²) >= 11 is 0. The van der Waals surface area contributed by atoms with E-state index in [-0.39, 0.29) is 11.5 Å². The molecule has 0 bridgehead atoms. The molecule has 0 saturated heterocycles. The van der Waals surface area contributed by atoms with E-state index in [9.17, 15) is 22.8 Å². The molecule has 3 aromatic rings. The van der Waals surface area contributed by atoms with Gasteiger partial charge in [0.05, 0.1) is 23.6 Å². The highest BCUT2D eigenvalue weighted by molar-refractivity contribution is 7.90. The molecule has 0 spiro atoms. The Balaban J connectivity index is 1.40. The van der Waals surface area contributed by atoms with Gasteiger partial charge in [-0.15, -0.1) is 0 Å². The molecule has 238 valence electrons. The van der Waals surface area contributed by atoms with Crippen molar-refractivity contribution < 1.29 is 27.5 Å². The largest absolute Gasteiger partial charge is 0.497 e. The Labute approximate surface area is 263 Å². The number of ether oxygens (including phenoxy) is 1. The second kappa shape index (κ2) is 10.9. The number of amides is 3. The summed E-state index contributed by atoms with van der Waals surface area (Å²) < 4.78 is 35.8. The van der Waals surface area contributed by atoms with Crippen LogP contribution in [0.3, 0.4) is 0 Å². The number of hydrogen-bond donors (Lipinski definition) is 2. The molecule has 7 rings (SSSR count). The van der Waals surface area contributed by atoms with Gasteiger partial charge >= 0.3 is 11.8 Å². The molecule has 4 aliphatic rings. The maximum absolute atomic E-state index is 13.4. The minimum absolute atomic E-state index is 0.0326. The Morgan fingerprint density at radius 1 is 0.978 bits per heavy atom. The number of methoxy groups -OCH3 is 1. The first kappa shape index (κ1) is 29.8. The van der Waals surface area contributed by atoms with Crippen molar-refractivity contribution in [2.45, 2.75) is 87.0 Å². The van der Waals surface area contributed by atoms with Crippen molar-refractivity contribution in [1.82, 2.24) is 19.5 Å². The molecule has 10 nitrogen and oxygen atoms in total. The molecule has 1 aliphatic heterocycles. The Morgan fingerprint density at radius 3 is 2.40 bits per heavy atom. The normalized spacial score (nSPS) is 22.7. The van der Waals surface area contributed by atoms with Crippen LogP contribution in [0.2, 0.25) is 0 Å². The van der Waals surface area contributed by atoms with E-state index >= 15 is 0 Å². The number of carbonyl (C=O) groups is 3. The van der Waals surface area contributed by atoms with Crippen molar-refractivity contribution in [3.8, 4) is 17.0 Å². The highest BCUT2D eigenvalue weighted by Crippen LogP contribution is 2.59. The van der Waals surface area contributed by atoms with Crippen molar-refractivity contribution >= 4 is 38.6 Å². The van der Waals surface area contributed by atoms with E-state index < -0.39 is 38.5 Å². The van der Waals surface area contributed by atoms with Crippen LogP contribution in [-0.2, 0) is 26.2 Å². The highest BCUT2D eigenvalue weighted by Gasteiger charge is 2.59. The molecule has 3 amide bonds. The maximum atomic E-state index is 13.4. The minimum atomic E-state index is -3.75. The second-order valence-corrected chi connectivity index (χ2v) is 15.4. The van der Waals surface area contributed by atoms with Gasteiger partial charge in [0.15, 0.2) is 0 Å². The number of nitrogens with one attached hydrogen (secondary N) is 2. The van der Waals surface area contributed by atoms with Gasteiger partial charge in [-0.3, -0.25) is 14.4 Å². The predicted molar refractivity (Wildman–Crippen MR) is 171 cm³/mol. The molecular weight excluding hydrogens is 592 g/mol. The summed E-state index contributed by atoms with van der Waals surface area (Å²) in [6.45, 7) is 0.408. The second-order valence-electron chi connectivity index (χ2n) is 13.5. The van der Waals surface area contributed by atoms with Crippen molar-refractivity contribution in [3.05, 3.63) is 53.1 Å². The molecule has 3 fully saturated rings. The smallest absolute Gasteiger partial charge is 0.311 e. The Kier molecular flexibility index (Phi) is 7.22. The number of likely N-dealkylation sites (N-methyl/N-ethyl adjacent to an activating group) is 1. The quantitative estimate of drug-likeness (QED) is 0.388. The molecule has 2 atom stereocenters. The van der Waals surface area contributed by atoms with Gasteiger partial charge in [-0.05, 0) is 79.5 Å². The van der Waals surface area contributed by atoms with Crippen LogP contribution in [0.1, 0.15) is 91.1 Å². The van der Waals surface area contributed by atoms with Gasteiger partial charge in [0.25, 0.3) is 5.91 Å². The van der Waals surface area contributed by atoms with E-state index in [0.29, 0.717) is 31.7 Å². The number of carbonyl (C=O) groups excluding carboxylic acids is 3. The Hall–Kier alpha value is -3.86. The fraction of sp³-hybridized carbons (Fsp3) is 0.500. The van der Waals surface area contributed by atoms with Gasteiger partial charge < -0.3 is 19.5 Å². The molecular formula is C34H40N4O6S. The van der Waals surface area contributed by atoms with Gasteiger partial charge in [0.1, 0.15) is 5.75 Å². The first-order valence-electron chi connectivity index (χ1n) is 16.0. The lowest BCUT2D eigenvalue weighted by Gasteiger charge is -2.25. The van der Waals surface area contributed by atoms with E-state index in [1.165, 1.54) is 16.9 Å². The molecule has 2 N–H and O–H groups in total. The van der Waals surface area contributed by atoms with Crippen LogP contribution in [0, 0.1) is 0 Å². The van der Waals surface area contributed by atoms with Gasteiger partial charge in [0, 0.05) is 48.6 Å². The number of sulfonamides is 1. The average Bonchev–Trinajstić information content (AvgIpc) is 3.62. The highest BCUT2D eigenvalue weighted by atomic mass is 32.2. The number of aromatic nitrogens is 1. The predicted octanol–water partition coefficient (Wildman–Crippen LogP) is 4.42. The zero-order chi connectivity index (χ0) is 31.7. The van der Waals surface area contributed by atoms with Crippen LogP contribution < -0.4 is 14.8 Å². The van der Waals surface area contributed by atoms with Gasteiger partial charge in [-0.2, -0.15) is 0 Å². The van der Waals surface area contributed by atoms with Crippen LogP contribution in [0.5, 0.6) is 5.75 Å². The van der Waals surface area contributed by atoms with Gasteiger partial charge in [0.2, 0.25) is 10.0 Å². The molecule has 1 aromatic heterocycles. The monoisotopic (exact) mass is 632 g/mol. The third-order valence-corrected chi connectivity index (χ3v) is 12.3. The maximum Gasteiger partial charge on any atom is 0.311 e. The summed E-state index contributed by atoms with van der Waals surface area (Å²) in [6.07, 6.45) is 8.22. The zero-order valence-corrected chi connectivity index (χ0v) is 26.8. The molecule has 2 unspecified atom stereocenters. The molecule has 2 aromatic carbocycles. The molecule has 3 saturated carbocycles. The summed E-state index contributed by atoms with van der Waals surface area (Å²) in [4.78, 5) is 40.5. The van der Waals surface area contributed by atoms with Gasteiger partial charge in [-0.1, -0.05) is 31.7 Å². The molecule has 11 heteroatoms. The lowest BCUT2D eigenvalue weighted by Crippen LogP contribution is -2.47. The van der Waals surface area contributed by atoms with E-state index in [1.807, 2.05) is 18.2 Å². The van der Waals surface area contributed by atoms with Crippen molar-refractivity contribution in [1.29, 1.82) is 0 Å². The summed E-state index contributed by atoms with van der Waals surface area (Å²) in [6, 6.07) is 11.6. The lowest BCUT2D eigenvalue weighted by atomic mass is 9.81. The summed E-state index contributed by atoms with van der Waals surface area (Å²) in [5, 5.41) is 3.61. The van der Waals surface area contributed by atoms with E-state index in [4.69, 9.17) is 4.74 Å². The van der Waals surface area contributed by atoms with Crippen molar-refractivity contribution in [2.75, 3.05) is 21.2 Å². The third kappa shape index (κ3) is 4.99. The molecule has 0 radical (unpaired) electrons. The lowest BCUT2D eigenvalue weighted by molar-refractivity contribution is -0.144. The van der Waals surface area contributed by atoms with Crippen molar-refractivity contribution in [3.63, 3.8) is 0 Å². The first-order valence-corrected chi connectivity index (χ1v) is 17.5. The molecule has 2 heterocycles. The number of fused-ring (bicyclic) bond motifs is 7. The Morgan fingerprint density at radius 2 is 1.73 bits per heavy atom. The standard InChI is InChI=1S/C34H40N4O6S/c1-37(2)33(41)32(40)35-34-18-27(34)26-17-22(44-3)13-15-24(26)30-29(20-8-5-4-6-9-20)25-14-12-21(16-28(25)38(30)19-34)31(39)36-45(42,43)23-10-7-11-23/h12-17,20,23,27H,4-11,18-19H2,1-3H3,(H,35,40)(H,36,39). The summed E-state index contributed by atoms with van der Waals surface area (Å²) in [5.41, 5.74) is 4.80. The van der Waals surface area contributed by atoms with E-state index in [2.05, 4.69) is 20.7 Å². The number of benzene rings is 2. The SMILES string of the molecule is COc1ccc2c(c1)C1CC1(NC(=O)C(=O)N(C)C)Cn1c-2c(C2CCCCC2)c2ccc(C(=O)NS(=O)(=O)C3CCC3)cc21. The van der Waals surface area contributed by atoms with Crippen LogP contribution >= 0.6 is 0 Å². The Bertz CT molecular complexity index is 1840. The summed E-state index contributed by atoms with van der Waals surface area (Å²) in [5.74, 6) is -0.893. The van der Waals surface area contributed by atoms with Crippen molar-refractivity contribution in [2.24, 2.45) is 0 Å². The molecule has 45 heavy (non-hydrogen) atoms. The number of hydrogen-bond acceptors (Lipinski definition) is 6. The fourth-order valence-electron chi connectivity index (χ4n) is 7.73. The van der Waals surface area contributed by atoms with Crippen LogP contribution in [0.15, 0.2) is 36.4 Å². The first-order chi connectivity index (χ1) is 21.5. The average molecular weight is 633 g/mol. The number of nitrogens with zero attached hydrogens (tertiary/aromatic N) is 2. The zero-order valence-electron chi connectivity index (χ0n) is 26.0. The minimum Gasteiger partial charge on any atom is -0.497 e. The van der Waals surface area contributed by atoms with E-state index in [1.54, 1.807) is 33.3 Å². The van der Waals surface area contributed by atoms with Gasteiger partial charge in [-0.25, -0.2) is 13.1 Å². The fourth-order valence-corrected chi connectivity index (χ4v) is 9.23. The summed E-state index contributed by atoms with van der Waals surface area (Å²) in [7, 11) is 1.01. The topological polar surface area (TPSA) is 127 Å². The third-order valence-electron chi connectivity index (χ3n) is 10.5. The van der Waals surface area contributed by atoms with Crippen LogP contribution in [0.25, 0.3) is 22.2 Å². The van der Waals surface area contributed by atoms with Crippen LogP contribution in [-0.4, -0.2) is 67.6 Å². The van der Waals surface area contributed by atoms with E-state index in [0.717, 1.165) is 65.6 Å². The molecule has 3 aliphatic carbocycles.